The van der Waals surface area contributed by atoms with Gasteiger partial charge in [0, 0.05) is 5.41 Å². The van der Waals surface area contributed by atoms with Crippen LogP contribution in [0.5, 0.6) is 0 Å². The van der Waals surface area contributed by atoms with E-state index in [9.17, 15) is 0 Å². The highest BCUT2D eigenvalue weighted by Crippen LogP contribution is 2.41. The van der Waals surface area contributed by atoms with Gasteiger partial charge >= 0.3 is 0 Å². The molecule has 0 fully saturated rings. The first kappa shape index (κ1) is 25.3. The van der Waals surface area contributed by atoms with Crippen molar-refractivity contribution in [1.29, 1.82) is 0 Å². The minimum atomic E-state index is 0.0215. The minimum absolute atomic E-state index is 0.0215. The van der Waals surface area contributed by atoms with Gasteiger partial charge in [-0.05, 0) is 43.2 Å². The lowest BCUT2D eigenvalue weighted by Gasteiger charge is -2.37. The van der Waals surface area contributed by atoms with Crippen LogP contribution >= 0.6 is 0 Å². The van der Waals surface area contributed by atoms with Gasteiger partial charge in [-0.2, -0.15) is 0 Å². The normalized spacial score (nSPS) is 14.2. The molecule has 0 amide bonds. The van der Waals surface area contributed by atoms with Gasteiger partial charge in [0.1, 0.15) is 18.4 Å². The predicted octanol–water partition coefficient (Wildman–Crippen LogP) is 8.07. The van der Waals surface area contributed by atoms with Crippen LogP contribution in [0.15, 0.2) is 79.4 Å². The number of imidazole rings is 1. The molecule has 0 aliphatic heterocycles. The number of aromatic nitrogens is 2. The van der Waals surface area contributed by atoms with Crippen LogP contribution in [0.25, 0.3) is 0 Å². The zero-order valence-electron chi connectivity index (χ0n) is 21.3. The summed E-state index contributed by atoms with van der Waals surface area (Å²) in [4.78, 5) is 0. The smallest absolute Gasteiger partial charge is 0.237 e. The summed E-state index contributed by atoms with van der Waals surface area (Å²) < 4.78 is 4.93. The molecule has 3 aromatic rings. The van der Waals surface area contributed by atoms with Crippen molar-refractivity contribution in [2.45, 2.75) is 103 Å². The number of unbranched alkanes of at least 4 members (excludes halogenated alkanes) is 6. The second kappa shape index (κ2) is 13.4. The molecule has 0 N–H and O–H groups in total. The molecule has 1 heterocycles. The quantitative estimate of drug-likeness (QED) is 0.165. The zero-order chi connectivity index (χ0) is 23.4. The van der Waals surface area contributed by atoms with Crippen molar-refractivity contribution in [2.24, 2.45) is 0 Å². The van der Waals surface area contributed by atoms with E-state index in [4.69, 9.17) is 0 Å². The maximum atomic E-state index is 2.53. The fourth-order valence-corrected chi connectivity index (χ4v) is 5.26. The van der Waals surface area contributed by atoms with E-state index in [0.717, 1.165) is 13.0 Å². The second-order valence-corrected chi connectivity index (χ2v) is 9.97. The van der Waals surface area contributed by atoms with E-state index < -0.39 is 0 Å². The van der Waals surface area contributed by atoms with Crippen molar-refractivity contribution in [3.63, 3.8) is 0 Å². The molecule has 0 radical (unpaired) electrons. The number of hydrogen-bond acceptors (Lipinski definition) is 0. The monoisotopic (exact) mass is 445 g/mol. The van der Waals surface area contributed by atoms with Gasteiger partial charge in [-0.25, -0.2) is 9.13 Å². The van der Waals surface area contributed by atoms with Gasteiger partial charge in [-0.15, -0.1) is 0 Å². The molecule has 0 spiro atoms. The summed E-state index contributed by atoms with van der Waals surface area (Å²) in [7, 11) is 0. The third kappa shape index (κ3) is 7.32. The Morgan fingerprint density at radius 1 is 0.788 bits per heavy atom. The molecular formula is C31H45N2+. The standard InChI is InChI=1S/C31H45N2/c1-4-6-8-9-16-22-30(33-25-24-32(27-33)23-17-7-5-2)31(3,29-20-14-11-15-21-29)26-28-18-12-10-13-19-28/h10-15,18-21,24-25,27,30H,4-9,16-17,22-23,26H2,1-3H3/q+1. The molecule has 2 nitrogen and oxygen atoms in total. The molecule has 2 heteroatoms. The lowest BCUT2D eigenvalue weighted by Crippen LogP contribution is -2.38. The Morgan fingerprint density at radius 2 is 1.42 bits per heavy atom. The van der Waals surface area contributed by atoms with Crippen molar-refractivity contribution < 1.29 is 4.57 Å². The van der Waals surface area contributed by atoms with Crippen molar-refractivity contribution >= 4 is 0 Å². The van der Waals surface area contributed by atoms with Crippen LogP contribution < -0.4 is 4.57 Å². The van der Waals surface area contributed by atoms with Crippen molar-refractivity contribution in [3.05, 3.63) is 90.5 Å². The average Bonchev–Trinajstić information content (AvgIpc) is 3.31. The summed E-state index contributed by atoms with van der Waals surface area (Å²) >= 11 is 0. The molecule has 0 bridgehead atoms. The number of aryl methyl sites for hydroxylation is 1. The van der Waals surface area contributed by atoms with E-state index >= 15 is 0 Å². The lowest BCUT2D eigenvalue weighted by molar-refractivity contribution is -0.697. The van der Waals surface area contributed by atoms with Crippen LogP contribution in [0, 0.1) is 0 Å². The lowest BCUT2D eigenvalue weighted by atomic mass is 9.70. The molecule has 2 aromatic carbocycles. The Bertz CT molecular complexity index is 899. The molecule has 2 unspecified atom stereocenters. The molecular weight excluding hydrogens is 400 g/mol. The molecule has 33 heavy (non-hydrogen) atoms. The molecule has 2 atom stereocenters. The molecule has 3 rings (SSSR count). The summed E-state index contributed by atoms with van der Waals surface area (Å²) in [5, 5.41) is 0. The van der Waals surface area contributed by atoms with Crippen LogP contribution in [0.4, 0.5) is 0 Å². The Balaban J connectivity index is 1.92. The van der Waals surface area contributed by atoms with Gasteiger partial charge in [0.2, 0.25) is 6.33 Å². The second-order valence-electron chi connectivity index (χ2n) is 9.97. The summed E-state index contributed by atoms with van der Waals surface area (Å²) in [5.74, 6) is 0. The van der Waals surface area contributed by atoms with E-state index in [2.05, 4.69) is 109 Å². The van der Waals surface area contributed by atoms with Crippen LogP contribution in [-0.4, -0.2) is 4.57 Å². The topological polar surface area (TPSA) is 8.81 Å². The third-order valence-electron chi connectivity index (χ3n) is 7.26. The van der Waals surface area contributed by atoms with Gasteiger partial charge in [0.25, 0.3) is 0 Å². The maximum absolute atomic E-state index is 2.53. The van der Waals surface area contributed by atoms with E-state index in [1.807, 2.05) is 0 Å². The van der Waals surface area contributed by atoms with E-state index in [1.54, 1.807) is 0 Å². The highest BCUT2D eigenvalue weighted by Gasteiger charge is 2.40. The number of hydrogen-bond donors (Lipinski definition) is 0. The maximum Gasteiger partial charge on any atom is 0.244 e. The molecule has 0 aliphatic rings. The summed E-state index contributed by atoms with van der Waals surface area (Å²) in [6, 6.07) is 22.7. The summed E-state index contributed by atoms with van der Waals surface area (Å²) in [5.41, 5.74) is 2.88. The van der Waals surface area contributed by atoms with Gasteiger partial charge in [-0.1, -0.05) is 114 Å². The number of rotatable bonds is 15. The Hall–Kier alpha value is -2.35. The van der Waals surface area contributed by atoms with Crippen LogP contribution in [-0.2, 0) is 18.4 Å². The first-order valence-electron chi connectivity index (χ1n) is 13.3. The minimum Gasteiger partial charge on any atom is -0.237 e. The molecule has 0 aliphatic carbocycles. The average molecular weight is 446 g/mol. The first-order valence-corrected chi connectivity index (χ1v) is 13.3. The number of benzene rings is 2. The highest BCUT2D eigenvalue weighted by molar-refractivity contribution is 5.30. The van der Waals surface area contributed by atoms with E-state index in [-0.39, 0.29) is 5.41 Å². The molecule has 0 saturated carbocycles. The van der Waals surface area contributed by atoms with Crippen molar-refractivity contribution in [2.75, 3.05) is 0 Å². The van der Waals surface area contributed by atoms with Crippen LogP contribution in [0.2, 0.25) is 0 Å². The third-order valence-corrected chi connectivity index (χ3v) is 7.26. The van der Waals surface area contributed by atoms with E-state index in [0.29, 0.717) is 6.04 Å². The van der Waals surface area contributed by atoms with Crippen molar-refractivity contribution in [1.82, 2.24) is 4.57 Å². The first-order chi connectivity index (χ1) is 16.2. The van der Waals surface area contributed by atoms with E-state index in [1.165, 1.54) is 68.9 Å². The number of nitrogens with zero attached hydrogens (tertiary/aromatic N) is 2. The Kier molecular flexibility index (Phi) is 10.2. The van der Waals surface area contributed by atoms with Gasteiger partial charge in [0.15, 0.2) is 0 Å². The van der Waals surface area contributed by atoms with Gasteiger partial charge < -0.3 is 0 Å². The fourth-order valence-electron chi connectivity index (χ4n) is 5.26. The fraction of sp³-hybridized carbons (Fsp3) is 0.516. The largest absolute Gasteiger partial charge is 0.244 e. The van der Waals surface area contributed by atoms with Gasteiger partial charge in [0.05, 0.1) is 6.54 Å². The zero-order valence-corrected chi connectivity index (χ0v) is 21.3. The molecule has 178 valence electrons. The predicted molar refractivity (Wildman–Crippen MR) is 141 cm³/mol. The molecule has 1 aromatic heterocycles. The van der Waals surface area contributed by atoms with Crippen molar-refractivity contribution in [3.8, 4) is 0 Å². The summed E-state index contributed by atoms with van der Waals surface area (Å²) in [6.45, 7) is 8.18. The SMILES string of the molecule is CCCCCCCC(n1cc[n+](CCCCC)c1)C(C)(Cc1ccccc1)c1ccccc1. The Labute approximate surface area is 202 Å². The van der Waals surface area contributed by atoms with Gasteiger partial charge in [-0.3, -0.25) is 0 Å². The Morgan fingerprint density at radius 3 is 2.12 bits per heavy atom. The summed E-state index contributed by atoms with van der Waals surface area (Å²) in [6.07, 6.45) is 19.7. The molecule has 0 saturated heterocycles. The van der Waals surface area contributed by atoms with Crippen LogP contribution in [0.1, 0.15) is 95.7 Å². The highest BCUT2D eigenvalue weighted by atomic mass is 15.1. The van der Waals surface area contributed by atoms with Crippen LogP contribution in [0.3, 0.4) is 0 Å².